The molecule has 172 valence electrons. The lowest BCUT2D eigenvalue weighted by atomic mass is 9.82. The van der Waals surface area contributed by atoms with Crippen LogP contribution in [0.4, 0.5) is 11.6 Å². The van der Waals surface area contributed by atoms with Crippen LogP contribution in [0.1, 0.15) is 36.8 Å². The minimum Gasteiger partial charge on any atom is -0.362 e. The summed E-state index contributed by atoms with van der Waals surface area (Å²) in [5, 5.41) is 8.95. The van der Waals surface area contributed by atoms with Crippen LogP contribution in [0.3, 0.4) is 0 Å². The third kappa shape index (κ3) is 4.85. The fraction of sp³-hybridized carbons (Fsp3) is 0.192. The molecule has 3 aromatic heterocycles. The van der Waals surface area contributed by atoms with Crippen LogP contribution >= 0.6 is 0 Å². The lowest BCUT2D eigenvalue weighted by molar-refractivity contribution is -0.113. The van der Waals surface area contributed by atoms with Gasteiger partial charge in [0.1, 0.15) is 11.6 Å². The second kappa shape index (κ2) is 9.66. The van der Waals surface area contributed by atoms with E-state index < -0.39 is 5.92 Å². The van der Waals surface area contributed by atoms with Crippen LogP contribution in [0.15, 0.2) is 83.3 Å². The Kier molecular flexibility index (Phi) is 6.49. The van der Waals surface area contributed by atoms with E-state index in [1.54, 1.807) is 24.4 Å². The molecule has 3 aromatic rings. The van der Waals surface area contributed by atoms with Crippen molar-refractivity contribution in [2.75, 3.05) is 10.6 Å². The number of nitrogens with one attached hydrogen (secondary N) is 3. The van der Waals surface area contributed by atoms with Crippen molar-refractivity contribution in [3.8, 4) is 0 Å². The van der Waals surface area contributed by atoms with Crippen molar-refractivity contribution < 1.29 is 9.59 Å². The van der Waals surface area contributed by atoms with E-state index in [0.29, 0.717) is 39.9 Å². The minimum atomic E-state index is -0.683. The third-order valence-electron chi connectivity index (χ3n) is 5.49. The molecule has 0 spiro atoms. The maximum atomic E-state index is 13.5. The number of dihydropyridines is 1. The van der Waals surface area contributed by atoms with E-state index in [1.165, 1.54) is 0 Å². The van der Waals surface area contributed by atoms with Crippen LogP contribution in [0.5, 0.6) is 0 Å². The van der Waals surface area contributed by atoms with E-state index in [0.717, 1.165) is 11.4 Å². The smallest absolute Gasteiger partial charge is 0.255 e. The Hall–Kier alpha value is -4.33. The van der Waals surface area contributed by atoms with Gasteiger partial charge >= 0.3 is 0 Å². The summed E-state index contributed by atoms with van der Waals surface area (Å²) in [7, 11) is 0. The van der Waals surface area contributed by atoms with Crippen molar-refractivity contribution in [1.29, 1.82) is 0 Å². The quantitative estimate of drug-likeness (QED) is 0.538. The summed E-state index contributed by atoms with van der Waals surface area (Å²) in [4.78, 5) is 40.3. The van der Waals surface area contributed by atoms with Crippen LogP contribution in [-0.2, 0) is 9.59 Å². The number of rotatable bonds is 5. The van der Waals surface area contributed by atoms with Gasteiger partial charge in [0.2, 0.25) is 0 Å². The zero-order valence-electron chi connectivity index (χ0n) is 19.5. The van der Waals surface area contributed by atoms with Gasteiger partial charge in [-0.05, 0) is 64.1 Å². The number of carbonyl (C=O) groups is 2. The Morgan fingerprint density at radius 3 is 1.71 bits per heavy atom. The van der Waals surface area contributed by atoms with E-state index in [9.17, 15) is 9.59 Å². The average molecular weight is 455 g/mol. The van der Waals surface area contributed by atoms with Crippen molar-refractivity contribution in [3.63, 3.8) is 0 Å². The first kappa shape index (κ1) is 22.8. The van der Waals surface area contributed by atoms with E-state index in [4.69, 9.17) is 0 Å². The van der Waals surface area contributed by atoms with Gasteiger partial charge in [-0.1, -0.05) is 18.2 Å². The first-order valence-electron chi connectivity index (χ1n) is 10.9. The summed E-state index contributed by atoms with van der Waals surface area (Å²) in [6, 6.07) is 16.3. The zero-order chi connectivity index (χ0) is 24.2. The number of aromatic nitrogens is 3. The van der Waals surface area contributed by atoms with Gasteiger partial charge in [0.15, 0.2) is 0 Å². The second-order valence-electron chi connectivity index (χ2n) is 8.13. The standard InChI is InChI=1S/C26H26N6O2/c1-15-9-7-12-20(28-15)31-25(33)22-17(3)30-18(4)23(24(22)19-11-5-6-14-27-19)26(34)32-21-13-8-10-16(2)29-21/h5-14,24,30H,1-4H3,(H,28,31,33)(H,29,32,34). The van der Waals surface area contributed by atoms with Crippen molar-refractivity contribution in [3.05, 3.63) is 100 Å². The fourth-order valence-corrected chi connectivity index (χ4v) is 4.03. The molecule has 0 bridgehead atoms. The summed E-state index contributed by atoms with van der Waals surface area (Å²) in [6.07, 6.45) is 1.65. The number of carbonyl (C=O) groups excluding carboxylic acids is 2. The number of nitrogens with zero attached hydrogens (tertiary/aromatic N) is 3. The van der Waals surface area contributed by atoms with Gasteiger partial charge in [-0.2, -0.15) is 0 Å². The van der Waals surface area contributed by atoms with Gasteiger partial charge in [0.05, 0.1) is 11.6 Å². The molecule has 0 saturated carbocycles. The Balaban J connectivity index is 1.74. The minimum absolute atomic E-state index is 0.356. The monoisotopic (exact) mass is 454 g/mol. The topological polar surface area (TPSA) is 109 Å². The molecule has 8 heteroatoms. The highest BCUT2D eigenvalue weighted by atomic mass is 16.2. The number of pyridine rings is 3. The van der Waals surface area contributed by atoms with Gasteiger partial charge in [-0.15, -0.1) is 0 Å². The predicted molar refractivity (Wildman–Crippen MR) is 131 cm³/mol. The third-order valence-corrected chi connectivity index (χ3v) is 5.49. The SMILES string of the molecule is CC1=C(C(=O)Nc2cccc(C)n2)C(c2ccccn2)C(C(=O)Nc2cccc(C)n2)=C(C)N1. The molecule has 0 unspecified atom stereocenters. The van der Waals surface area contributed by atoms with Gasteiger partial charge in [-0.3, -0.25) is 14.6 Å². The van der Waals surface area contributed by atoms with E-state index in [-0.39, 0.29) is 11.8 Å². The molecule has 0 aromatic carbocycles. The predicted octanol–water partition coefficient (Wildman–Crippen LogP) is 4.00. The zero-order valence-corrected chi connectivity index (χ0v) is 19.5. The van der Waals surface area contributed by atoms with Crippen LogP contribution in [-0.4, -0.2) is 26.8 Å². The van der Waals surface area contributed by atoms with Crippen molar-refractivity contribution in [2.45, 2.75) is 33.6 Å². The molecular weight excluding hydrogens is 428 g/mol. The molecule has 34 heavy (non-hydrogen) atoms. The van der Waals surface area contributed by atoms with Gasteiger partial charge in [-0.25, -0.2) is 9.97 Å². The highest BCUT2D eigenvalue weighted by molar-refractivity contribution is 6.11. The normalized spacial score (nSPS) is 14.0. The van der Waals surface area contributed by atoms with Crippen molar-refractivity contribution in [1.82, 2.24) is 20.3 Å². The van der Waals surface area contributed by atoms with E-state index in [1.807, 2.05) is 64.1 Å². The van der Waals surface area contributed by atoms with Crippen LogP contribution < -0.4 is 16.0 Å². The lowest BCUT2D eigenvalue weighted by Gasteiger charge is -2.30. The fourth-order valence-electron chi connectivity index (χ4n) is 4.03. The van der Waals surface area contributed by atoms with Crippen molar-refractivity contribution >= 4 is 23.5 Å². The molecule has 4 heterocycles. The molecule has 8 nitrogen and oxygen atoms in total. The number of aryl methyl sites for hydroxylation is 2. The lowest BCUT2D eigenvalue weighted by Crippen LogP contribution is -2.35. The molecule has 0 saturated heterocycles. The first-order chi connectivity index (χ1) is 16.3. The molecule has 0 fully saturated rings. The molecule has 2 amide bonds. The molecule has 4 rings (SSSR count). The molecule has 0 aliphatic carbocycles. The largest absolute Gasteiger partial charge is 0.362 e. The summed E-state index contributed by atoms with van der Waals surface area (Å²) in [6.45, 7) is 7.34. The molecule has 3 N–H and O–H groups in total. The summed E-state index contributed by atoms with van der Waals surface area (Å²) in [5.41, 5.74) is 4.24. The Morgan fingerprint density at radius 2 is 1.26 bits per heavy atom. The van der Waals surface area contributed by atoms with E-state index in [2.05, 4.69) is 30.9 Å². The second-order valence-corrected chi connectivity index (χ2v) is 8.13. The maximum Gasteiger partial charge on any atom is 0.255 e. The molecule has 0 atom stereocenters. The summed E-state index contributed by atoms with van der Waals surface area (Å²) < 4.78 is 0. The Morgan fingerprint density at radius 1 is 0.735 bits per heavy atom. The van der Waals surface area contributed by atoms with Gasteiger partial charge in [0, 0.05) is 40.1 Å². The van der Waals surface area contributed by atoms with Gasteiger partial charge in [0.25, 0.3) is 11.8 Å². The first-order valence-corrected chi connectivity index (χ1v) is 10.9. The van der Waals surface area contributed by atoms with Gasteiger partial charge < -0.3 is 16.0 Å². The number of hydrogen-bond donors (Lipinski definition) is 3. The number of anilines is 2. The van der Waals surface area contributed by atoms with Crippen molar-refractivity contribution in [2.24, 2.45) is 0 Å². The average Bonchev–Trinajstić information content (AvgIpc) is 2.79. The van der Waals surface area contributed by atoms with Crippen LogP contribution in [0.25, 0.3) is 0 Å². The number of allylic oxidation sites excluding steroid dienone is 2. The maximum absolute atomic E-state index is 13.5. The molecule has 1 aliphatic rings. The summed E-state index contributed by atoms with van der Waals surface area (Å²) in [5.74, 6) is -0.523. The molecule has 0 radical (unpaired) electrons. The van der Waals surface area contributed by atoms with E-state index >= 15 is 0 Å². The van der Waals surface area contributed by atoms with Crippen LogP contribution in [0, 0.1) is 13.8 Å². The highest BCUT2D eigenvalue weighted by Crippen LogP contribution is 2.38. The number of hydrogen-bond acceptors (Lipinski definition) is 6. The summed E-state index contributed by atoms with van der Waals surface area (Å²) >= 11 is 0. The van der Waals surface area contributed by atoms with Crippen LogP contribution in [0.2, 0.25) is 0 Å². The Bertz CT molecular complexity index is 1230. The molecular formula is C26H26N6O2. The molecule has 1 aliphatic heterocycles. The number of amides is 2. The Labute approximate surface area is 198 Å². The highest BCUT2D eigenvalue weighted by Gasteiger charge is 2.37.